The van der Waals surface area contributed by atoms with E-state index in [9.17, 15) is 22.8 Å². The Hall–Kier alpha value is -2.70. The summed E-state index contributed by atoms with van der Waals surface area (Å²) in [7, 11) is 0. The normalized spacial score (nSPS) is 11.1. The molecule has 0 aliphatic rings. The quantitative estimate of drug-likeness (QED) is 0.695. The molecule has 0 spiro atoms. The summed E-state index contributed by atoms with van der Waals surface area (Å²) < 4.78 is 39.4. The molecule has 0 atom stereocenters. The predicted molar refractivity (Wildman–Crippen MR) is 76.7 cm³/mol. The summed E-state index contributed by atoms with van der Waals surface area (Å²) in [6.45, 7) is 1.29. The van der Waals surface area contributed by atoms with E-state index in [1.807, 2.05) is 0 Å². The van der Waals surface area contributed by atoms with Crippen LogP contribution in [0.3, 0.4) is 0 Å². The van der Waals surface area contributed by atoms with Crippen molar-refractivity contribution in [2.45, 2.75) is 19.6 Å². The molecule has 0 saturated carbocycles. The highest BCUT2D eigenvalue weighted by molar-refractivity contribution is 5.93. The maximum Gasteiger partial charge on any atom is 0.416 e. The van der Waals surface area contributed by atoms with E-state index in [4.69, 9.17) is 0 Å². The number of halogens is 3. The van der Waals surface area contributed by atoms with E-state index >= 15 is 0 Å². The maximum absolute atomic E-state index is 12.6. The summed E-state index contributed by atoms with van der Waals surface area (Å²) in [5, 5.41) is 2.41. The number of nitrogens with zero attached hydrogens (tertiary/aromatic N) is 1. The number of ketones is 1. The number of benzene rings is 1. The Balaban J connectivity index is 2.08. The second-order valence-electron chi connectivity index (χ2n) is 4.95. The first-order chi connectivity index (χ1) is 10.8. The summed E-state index contributed by atoms with van der Waals surface area (Å²) in [5.74, 6) is -0.632. The van der Waals surface area contributed by atoms with Gasteiger partial charge < -0.3 is 5.32 Å². The lowest BCUT2D eigenvalue weighted by Crippen LogP contribution is -2.40. The number of aromatic nitrogens is 1. The molecule has 2 aromatic rings. The molecule has 0 bridgehead atoms. The third kappa shape index (κ3) is 4.64. The highest BCUT2D eigenvalue weighted by Gasteiger charge is 2.30. The number of alkyl halides is 3. The number of rotatable bonds is 4. The fourth-order valence-corrected chi connectivity index (χ4v) is 1.97. The fourth-order valence-electron chi connectivity index (χ4n) is 1.97. The van der Waals surface area contributed by atoms with Gasteiger partial charge in [0, 0.05) is 11.8 Å². The first-order valence-corrected chi connectivity index (χ1v) is 6.73. The Morgan fingerprint density at radius 2 is 1.91 bits per heavy atom. The lowest BCUT2D eigenvalue weighted by Gasteiger charge is -2.09. The molecule has 1 aromatic carbocycles. The van der Waals surface area contributed by atoms with Gasteiger partial charge in [-0.05, 0) is 31.2 Å². The van der Waals surface area contributed by atoms with Crippen LogP contribution in [0.25, 0.3) is 0 Å². The Morgan fingerprint density at radius 1 is 1.17 bits per heavy atom. The van der Waals surface area contributed by atoms with Crippen molar-refractivity contribution < 1.29 is 27.3 Å². The van der Waals surface area contributed by atoms with Crippen LogP contribution in [0.15, 0.2) is 48.8 Å². The van der Waals surface area contributed by atoms with Gasteiger partial charge in [-0.25, -0.2) is 0 Å². The Morgan fingerprint density at radius 3 is 2.57 bits per heavy atom. The Bertz CT molecular complexity index is 742. The van der Waals surface area contributed by atoms with Gasteiger partial charge in [0.25, 0.3) is 5.91 Å². The van der Waals surface area contributed by atoms with Crippen molar-refractivity contribution in [3.05, 3.63) is 59.9 Å². The highest BCUT2D eigenvalue weighted by Crippen LogP contribution is 2.30. The number of carbonyl (C=O) groups is 2. The van der Waals surface area contributed by atoms with Crippen LogP contribution in [0.2, 0.25) is 0 Å². The smallest absolute Gasteiger partial charge is 0.321 e. The molecule has 7 heteroatoms. The maximum atomic E-state index is 12.6. The van der Waals surface area contributed by atoms with Gasteiger partial charge in [-0.1, -0.05) is 6.07 Å². The molecule has 1 aromatic heterocycles. The molecule has 0 radical (unpaired) electrons. The average molecular weight is 323 g/mol. The van der Waals surface area contributed by atoms with E-state index in [1.165, 1.54) is 29.8 Å². The van der Waals surface area contributed by atoms with E-state index in [-0.39, 0.29) is 18.0 Å². The van der Waals surface area contributed by atoms with E-state index in [2.05, 4.69) is 5.32 Å². The van der Waals surface area contributed by atoms with Crippen molar-refractivity contribution >= 4 is 17.4 Å². The SMILES string of the molecule is CC(=O)c1ccc[n+](CC(=O)Nc2cccc(C(F)(F)F)c2)c1. The number of hydrogen-bond acceptors (Lipinski definition) is 2. The third-order valence-corrected chi connectivity index (χ3v) is 3.06. The molecule has 1 heterocycles. The van der Waals surface area contributed by atoms with Crippen LogP contribution in [-0.2, 0) is 17.5 Å². The largest absolute Gasteiger partial charge is 0.416 e. The van der Waals surface area contributed by atoms with E-state index in [0.29, 0.717) is 5.56 Å². The molecular formula is C16H14F3N2O2+. The summed E-state index contributed by atoms with van der Waals surface area (Å²) in [5.41, 5.74) is -0.325. The van der Waals surface area contributed by atoms with Gasteiger partial charge >= 0.3 is 6.18 Å². The van der Waals surface area contributed by atoms with Crippen molar-refractivity contribution in [3.8, 4) is 0 Å². The van der Waals surface area contributed by atoms with Gasteiger partial charge in [0.2, 0.25) is 6.54 Å². The van der Waals surface area contributed by atoms with Crippen molar-refractivity contribution in [1.82, 2.24) is 0 Å². The van der Waals surface area contributed by atoms with Crippen molar-refractivity contribution in [2.24, 2.45) is 0 Å². The Labute approximate surface area is 130 Å². The second-order valence-corrected chi connectivity index (χ2v) is 4.95. The molecule has 1 amide bonds. The standard InChI is InChI=1S/C16H13F3N2O2/c1-11(22)12-4-3-7-21(9-12)10-15(23)20-14-6-2-5-13(8-14)16(17,18)19/h2-9H,10H2,1H3/p+1. The van der Waals surface area contributed by atoms with Gasteiger partial charge in [0.15, 0.2) is 18.2 Å². The molecule has 0 saturated heterocycles. The third-order valence-electron chi connectivity index (χ3n) is 3.06. The zero-order valence-electron chi connectivity index (χ0n) is 12.2. The predicted octanol–water partition coefficient (Wildman–Crippen LogP) is 2.83. The summed E-state index contributed by atoms with van der Waals surface area (Å²) in [6, 6.07) is 7.64. The van der Waals surface area contributed by atoms with Gasteiger partial charge in [-0.3, -0.25) is 9.59 Å². The zero-order chi connectivity index (χ0) is 17.0. The molecular weight excluding hydrogens is 309 g/mol. The number of anilines is 1. The topological polar surface area (TPSA) is 50.0 Å². The molecule has 0 fully saturated rings. The molecule has 1 N–H and O–H groups in total. The van der Waals surface area contributed by atoms with E-state index in [0.717, 1.165) is 12.1 Å². The summed E-state index contributed by atoms with van der Waals surface area (Å²) >= 11 is 0. The first-order valence-electron chi connectivity index (χ1n) is 6.73. The van der Waals surface area contributed by atoms with Crippen LogP contribution in [-0.4, -0.2) is 11.7 Å². The molecule has 120 valence electrons. The minimum absolute atomic E-state index is 0.0631. The van der Waals surface area contributed by atoms with Crippen molar-refractivity contribution in [1.29, 1.82) is 0 Å². The molecule has 0 aliphatic heterocycles. The number of Topliss-reactive ketones (excluding diaryl/α,β-unsaturated/α-hetero) is 1. The monoisotopic (exact) mass is 323 g/mol. The number of hydrogen-bond donors (Lipinski definition) is 1. The molecule has 0 unspecified atom stereocenters. The number of pyridine rings is 1. The van der Waals surface area contributed by atoms with Crippen molar-refractivity contribution in [2.75, 3.05) is 5.32 Å². The van der Waals surface area contributed by atoms with Crippen LogP contribution >= 0.6 is 0 Å². The minimum Gasteiger partial charge on any atom is -0.321 e. The van der Waals surface area contributed by atoms with Gasteiger partial charge in [-0.15, -0.1) is 0 Å². The van der Waals surface area contributed by atoms with Gasteiger partial charge in [0.05, 0.1) is 11.1 Å². The lowest BCUT2D eigenvalue weighted by atomic mass is 10.2. The van der Waals surface area contributed by atoms with Crippen LogP contribution in [0.1, 0.15) is 22.8 Å². The fraction of sp³-hybridized carbons (Fsp3) is 0.188. The zero-order valence-corrected chi connectivity index (χ0v) is 12.2. The number of nitrogens with one attached hydrogen (secondary N) is 1. The van der Waals surface area contributed by atoms with Crippen LogP contribution < -0.4 is 9.88 Å². The van der Waals surface area contributed by atoms with Crippen LogP contribution in [0, 0.1) is 0 Å². The average Bonchev–Trinajstić information content (AvgIpc) is 2.46. The lowest BCUT2D eigenvalue weighted by molar-refractivity contribution is -0.684. The van der Waals surface area contributed by atoms with Gasteiger partial charge in [0.1, 0.15) is 0 Å². The summed E-state index contributed by atoms with van der Waals surface area (Å²) in [4.78, 5) is 23.2. The Kier molecular flexibility index (Phi) is 4.78. The first kappa shape index (κ1) is 16.7. The number of carbonyl (C=O) groups excluding carboxylic acids is 2. The molecule has 2 rings (SSSR count). The summed E-state index contributed by atoms with van der Waals surface area (Å²) in [6.07, 6.45) is -1.36. The number of amides is 1. The second kappa shape index (κ2) is 6.60. The van der Waals surface area contributed by atoms with Crippen LogP contribution in [0.5, 0.6) is 0 Å². The molecule has 0 aliphatic carbocycles. The van der Waals surface area contributed by atoms with E-state index in [1.54, 1.807) is 18.3 Å². The molecule has 4 nitrogen and oxygen atoms in total. The van der Waals surface area contributed by atoms with Crippen LogP contribution in [0.4, 0.5) is 18.9 Å². The van der Waals surface area contributed by atoms with Gasteiger partial charge in [-0.2, -0.15) is 17.7 Å². The highest BCUT2D eigenvalue weighted by atomic mass is 19.4. The van der Waals surface area contributed by atoms with Crippen molar-refractivity contribution in [3.63, 3.8) is 0 Å². The minimum atomic E-state index is -4.47. The van der Waals surface area contributed by atoms with E-state index < -0.39 is 17.6 Å². The molecule has 23 heavy (non-hydrogen) atoms.